The maximum Gasteiger partial charge on any atom is 0.254 e. The van der Waals surface area contributed by atoms with Gasteiger partial charge in [-0.1, -0.05) is 36.5 Å². The number of rotatable bonds is 5. The van der Waals surface area contributed by atoms with E-state index in [0.717, 1.165) is 38.9 Å². The first-order valence-corrected chi connectivity index (χ1v) is 7.85. The molecule has 0 saturated carbocycles. The fourth-order valence-electron chi connectivity index (χ4n) is 2.48. The molecule has 5 heteroatoms. The lowest BCUT2D eigenvalue weighted by Crippen LogP contribution is -2.42. The highest BCUT2D eigenvalue weighted by Crippen LogP contribution is 2.24. The van der Waals surface area contributed by atoms with E-state index in [1.54, 1.807) is 18.2 Å². The second-order valence-electron chi connectivity index (χ2n) is 5.13. The Labute approximate surface area is 130 Å². The average molecular weight is 315 g/mol. The Bertz CT molecular complexity index is 473. The van der Waals surface area contributed by atoms with Crippen molar-refractivity contribution in [3.05, 3.63) is 33.8 Å². The summed E-state index contributed by atoms with van der Waals surface area (Å²) in [7, 11) is 0. The van der Waals surface area contributed by atoms with Crippen molar-refractivity contribution in [2.24, 2.45) is 0 Å². The van der Waals surface area contributed by atoms with Gasteiger partial charge in [-0.15, -0.1) is 0 Å². The summed E-state index contributed by atoms with van der Waals surface area (Å²) in [4.78, 5) is 14.7. The molecule has 1 saturated heterocycles. The minimum atomic E-state index is 0.0470. The number of hydrogen-bond donors (Lipinski definition) is 1. The summed E-state index contributed by atoms with van der Waals surface area (Å²) in [5.74, 6) is 0.0470. The third kappa shape index (κ3) is 3.66. The summed E-state index contributed by atoms with van der Waals surface area (Å²) in [6.45, 7) is 4.77. The first kappa shape index (κ1) is 15.6. The Morgan fingerprint density at radius 3 is 2.80 bits per heavy atom. The molecule has 1 fully saturated rings. The highest BCUT2D eigenvalue weighted by molar-refractivity contribution is 6.42. The van der Waals surface area contributed by atoms with Crippen LogP contribution in [0.25, 0.3) is 0 Å². The zero-order valence-corrected chi connectivity index (χ0v) is 13.2. The van der Waals surface area contributed by atoms with Crippen molar-refractivity contribution < 1.29 is 4.79 Å². The van der Waals surface area contributed by atoms with Crippen LogP contribution in [0.5, 0.6) is 0 Å². The number of nitrogens with one attached hydrogen (secondary N) is 1. The van der Waals surface area contributed by atoms with Crippen molar-refractivity contribution in [1.29, 1.82) is 0 Å². The molecule has 1 aliphatic heterocycles. The van der Waals surface area contributed by atoms with E-state index >= 15 is 0 Å². The molecule has 3 nitrogen and oxygen atoms in total. The number of halogens is 2. The zero-order chi connectivity index (χ0) is 14.5. The number of hydrogen-bond acceptors (Lipinski definition) is 2. The van der Waals surface area contributed by atoms with Crippen molar-refractivity contribution in [2.75, 3.05) is 19.6 Å². The van der Waals surface area contributed by atoms with E-state index in [1.165, 1.54) is 0 Å². The van der Waals surface area contributed by atoms with Gasteiger partial charge in [0.15, 0.2) is 0 Å². The van der Waals surface area contributed by atoms with Crippen molar-refractivity contribution in [3.63, 3.8) is 0 Å². The lowest BCUT2D eigenvalue weighted by molar-refractivity contribution is 0.0689. The minimum Gasteiger partial charge on any atom is -0.334 e. The Kier molecular flexibility index (Phi) is 5.70. The summed E-state index contributed by atoms with van der Waals surface area (Å²) in [6, 6.07) is 5.37. The fourth-order valence-corrected chi connectivity index (χ4v) is 2.78. The predicted molar refractivity (Wildman–Crippen MR) is 83.7 cm³/mol. The van der Waals surface area contributed by atoms with E-state index in [-0.39, 0.29) is 11.9 Å². The highest BCUT2D eigenvalue weighted by atomic mass is 35.5. The predicted octanol–water partition coefficient (Wildman–Crippen LogP) is 3.60. The summed E-state index contributed by atoms with van der Waals surface area (Å²) in [5.41, 5.74) is 0.613. The molecule has 0 spiro atoms. The standard InChI is InChI=1S/C15H20Cl2N2O/c1-2-3-8-19(12-6-7-18-10-12)15(20)11-4-5-13(16)14(17)9-11/h4-5,9,12,18H,2-3,6-8,10H2,1H3. The second-order valence-corrected chi connectivity index (χ2v) is 5.94. The van der Waals surface area contributed by atoms with Gasteiger partial charge >= 0.3 is 0 Å². The van der Waals surface area contributed by atoms with Gasteiger partial charge in [0.2, 0.25) is 0 Å². The molecular formula is C15H20Cl2N2O. The molecule has 2 rings (SSSR count). The largest absolute Gasteiger partial charge is 0.334 e. The maximum absolute atomic E-state index is 12.7. The van der Waals surface area contributed by atoms with Crippen molar-refractivity contribution >= 4 is 29.1 Å². The van der Waals surface area contributed by atoms with Gasteiger partial charge < -0.3 is 10.2 Å². The molecule has 20 heavy (non-hydrogen) atoms. The Balaban J connectivity index is 2.17. The molecular weight excluding hydrogens is 295 g/mol. The summed E-state index contributed by atoms with van der Waals surface area (Å²) in [5, 5.41) is 4.22. The monoisotopic (exact) mass is 314 g/mol. The van der Waals surface area contributed by atoms with Gasteiger partial charge in [-0.3, -0.25) is 4.79 Å². The van der Waals surface area contributed by atoms with Crippen molar-refractivity contribution in [2.45, 2.75) is 32.2 Å². The smallest absolute Gasteiger partial charge is 0.254 e. The van der Waals surface area contributed by atoms with E-state index in [9.17, 15) is 4.79 Å². The van der Waals surface area contributed by atoms with Crippen LogP contribution in [0.3, 0.4) is 0 Å². The van der Waals surface area contributed by atoms with Crippen LogP contribution in [-0.2, 0) is 0 Å². The number of amides is 1. The van der Waals surface area contributed by atoms with Crippen molar-refractivity contribution in [3.8, 4) is 0 Å². The van der Waals surface area contributed by atoms with Crippen molar-refractivity contribution in [1.82, 2.24) is 10.2 Å². The van der Waals surface area contributed by atoms with Crippen LogP contribution in [-0.4, -0.2) is 36.5 Å². The maximum atomic E-state index is 12.7. The van der Waals surface area contributed by atoms with Gasteiger partial charge in [0.05, 0.1) is 10.0 Å². The number of unbranched alkanes of at least 4 members (excludes halogenated alkanes) is 1. The number of carbonyl (C=O) groups is 1. The molecule has 1 N–H and O–H groups in total. The van der Waals surface area contributed by atoms with Gasteiger partial charge in [-0.05, 0) is 37.6 Å². The van der Waals surface area contributed by atoms with Crippen LogP contribution < -0.4 is 5.32 Å². The van der Waals surface area contributed by atoms with E-state index in [2.05, 4.69) is 12.2 Å². The lowest BCUT2D eigenvalue weighted by atomic mass is 10.1. The molecule has 1 unspecified atom stereocenters. The Morgan fingerprint density at radius 2 is 2.20 bits per heavy atom. The normalized spacial score (nSPS) is 18.2. The van der Waals surface area contributed by atoms with Crippen LogP contribution in [0.4, 0.5) is 0 Å². The Hall–Kier alpha value is -0.770. The zero-order valence-electron chi connectivity index (χ0n) is 11.7. The second kappa shape index (κ2) is 7.30. The van der Waals surface area contributed by atoms with Gasteiger partial charge in [0.1, 0.15) is 0 Å². The van der Waals surface area contributed by atoms with Crippen LogP contribution >= 0.6 is 23.2 Å². The molecule has 1 aromatic rings. The molecule has 1 aromatic carbocycles. The highest BCUT2D eigenvalue weighted by Gasteiger charge is 2.27. The quantitative estimate of drug-likeness (QED) is 0.900. The number of nitrogens with zero attached hydrogens (tertiary/aromatic N) is 1. The molecule has 0 aromatic heterocycles. The molecule has 0 aliphatic carbocycles. The van der Waals surface area contributed by atoms with E-state index in [4.69, 9.17) is 23.2 Å². The van der Waals surface area contributed by atoms with E-state index in [0.29, 0.717) is 15.6 Å². The third-order valence-corrected chi connectivity index (χ3v) is 4.39. The molecule has 1 heterocycles. The van der Waals surface area contributed by atoms with Crippen LogP contribution in [0.15, 0.2) is 18.2 Å². The summed E-state index contributed by atoms with van der Waals surface area (Å²) >= 11 is 11.9. The lowest BCUT2D eigenvalue weighted by Gasteiger charge is -2.28. The first-order valence-electron chi connectivity index (χ1n) is 7.10. The number of carbonyl (C=O) groups excluding carboxylic acids is 1. The molecule has 0 bridgehead atoms. The fraction of sp³-hybridized carbons (Fsp3) is 0.533. The summed E-state index contributed by atoms with van der Waals surface area (Å²) in [6.07, 6.45) is 3.10. The molecule has 1 amide bonds. The van der Waals surface area contributed by atoms with Gasteiger partial charge in [-0.25, -0.2) is 0 Å². The Morgan fingerprint density at radius 1 is 1.40 bits per heavy atom. The molecule has 110 valence electrons. The molecule has 1 atom stereocenters. The van der Waals surface area contributed by atoms with Gasteiger partial charge in [0.25, 0.3) is 5.91 Å². The van der Waals surface area contributed by atoms with Crippen LogP contribution in [0.1, 0.15) is 36.5 Å². The molecule has 0 radical (unpaired) electrons. The first-order chi connectivity index (χ1) is 9.63. The summed E-state index contributed by atoms with van der Waals surface area (Å²) < 4.78 is 0. The topological polar surface area (TPSA) is 32.3 Å². The number of benzene rings is 1. The average Bonchev–Trinajstić information content (AvgIpc) is 2.96. The van der Waals surface area contributed by atoms with E-state index < -0.39 is 0 Å². The minimum absolute atomic E-state index is 0.0470. The molecule has 1 aliphatic rings. The van der Waals surface area contributed by atoms with Gasteiger partial charge in [-0.2, -0.15) is 0 Å². The van der Waals surface area contributed by atoms with Gasteiger partial charge in [0, 0.05) is 24.7 Å². The SMILES string of the molecule is CCCCN(C(=O)c1ccc(Cl)c(Cl)c1)C1CCNC1. The van der Waals surface area contributed by atoms with Crippen LogP contribution in [0.2, 0.25) is 10.0 Å². The van der Waals surface area contributed by atoms with Crippen LogP contribution in [0, 0.1) is 0 Å². The third-order valence-electron chi connectivity index (χ3n) is 3.66. The van der Waals surface area contributed by atoms with E-state index in [1.807, 2.05) is 4.90 Å².